The first-order chi connectivity index (χ1) is 8.58. The van der Waals surface area contributed by atoms with Crippen LogP contribution in [0.5, 0.6) is 0 Å². The number of aliphatic carboxylic acids is 1. The van der Waals surface area contributed by atoms with Gasteiger partial charge in [0, 0.05) is 24.4 Å². The van der Waals surface area contributed by atoms with Gasteiger partial charge in [-0.05, 0) is 25.0 Å². The van der Waals surface area contributed by atoms with Crippen LogP contribution in [0.15, 0.2) is 24.3 Å². The maximum absolute atomic E-state index is 11.0. The standard InChI is InChI=1S/C11H13N3O4/c15-11(16)10-2-1-7-13(10)12-8-3-5-9(6-4-8)14(17)18/h3-6,10,12H,1-2,7H2,(H,15,16)/t10-/m0/s1. The molecule has 1 aliphatic rings. The highest BCUT2D eigenvalue weighted by molar-refractivity contribution is 5.74. The first kappa shape index (κ1) is 12.3. The van der Waals surface area contributed by atoms with E-state index in [1.54, 1.807) is 17.1 Å². The van der Waals surface area contributed by atoms with E-state index < -0.39 is 16.9 Å². The summed E-state index contributed by atoms with van der Waals surface area (Å²) in [6.07, 6.45) is 1.42. The molecule has 1 fully saturated rings. The second-order valence-electron chi connectivity index (χ2n) is 4.11. The molecule has 2 N–H and O–H groups in total. The van der Waals surface area contributed by atoms with E-state index in [2.05, 4.69) is 5.43 Å². The summed E-state index contributed by atoms with van der Waals surface area (Å²) >= 11 is 0. The van der Waals surface area contributed by atoms with Gasteiger partial charge in [0.05, 0.1) is 4.92 Å². The van der Waals surface area contributed by atoms with Crippen LogP contribution < -0.4 is 5.43 Å². The van der Waals surface area contributed by atoms with Crippen molar-refractivity contribution in [2.75, 3.05) is 12.0 Å². The fourth-order valence-corrected chi connectivity index (χ4v) is 1.98. The first-order valence-electron chi connectivity index (χ1n) is 5.58. The molecule has 0 bridgehead atoms. The Hall–Kier alpha value is -2.15. The van der Waals surface area contributed by atoms with Crippen LogP contribution in [0.1, 0.15) is 12.8 Å². The van der Waals surface area contributed by atoms with Gasteiger partial charge in [0.1, 0.15) is 6.04 Å². The number of non-ortho nitro benzene ring substituents is 1. The fourth-order valence-electron chi connectivity index (χ4n) is 1.98. The highest BCUT2D eigenvalue weighted by Crippen LogP contribution is 2.21. The molecule has 0 aromatic heterocycles. The van der Waals surface area contributed by atoms with E-state index >= 15 is 0 Å². The molecule has 1 atom stereocenters. The molecule has 0 amide bonds. The lowest BCUT2D eigenvalue weighted by molar-refractivity contribution is -0.384. The Bertz CT molecular complexity index is 460. The Morgan fingerprint density at radius 3 is 2.67 bits per heavy atom. The molecule has 1 aromatic rings. The lowest BCUT2D eigenvalue weighted by atomic mass is 10.2. The first-order valence-corrected chi connectivity index (χ1v) is 5.58. The second kappa shape index (κ2) is 5.01. The van der Waals surface area contributed by atoms with Gasteiger partial charge in [-0.15, -0.1) is 0 Å². The lowest BCUT2D eigenvalue weighted by Gasteiger charge is -2.22. The minimum Gasteiger partial charge on any atom is -0.480 e. The van der Waals surface area contributed by atoms with Crippen LogP contribution in [0, 0.1) is 10.1 Å². The van der Waals surface area contributed by atoms with E-state index in [1.807, 2.05) is 0 Å². The molecule has 7 nitrogen and oxygen atoms in total. The average molecular weight is 251 g/mol. The van der Waals surface area contributed by atoms with Gasteiger partial charge in [-0.3, -0.25) is 14.9 Å². The Labute approximate surface area is 103 Å². The van der Waals surface area contributed by atoms with Gasteiger partial charge in [-0.25, -0.2) is 5.01 Å². The minimum atomic E-state index is -0.859. The molecule has 1 saturated heterocycles. The smallest absolute Gasteiger partial charge is 0.322 e. The van der Waals surface area contributed by atoms with E-state index in [4.69, 9.17) is 5.11 Å². The van der Waals surface area contributed by atoms with Crippen molar-refractivity contribution in [2.24, 2.45) is 0 Å². The van der Waals surface area contributed by atoms with Crippen LogP contribution in [0.25, 0.3) is 0 Å². The predicted octanol–water partition coefficient (Wildman–Crippen LogP) is 1.47. The lowest BCUT2D eigenvalue weighted by Crippen LogP contribution is -2.39. The summed E-state index contributed by atoms with van der Waals surface area (Å²) in [5.41, 5.74) is 3.63. The van der Waals surface area contributed by atoms with Crippen molar-refractivity contribution in [3.63, 3.8) is 0 Å². The second-order valence-corrected chi connectivity index (χ2v) is 4.11. The number of carboxylic acid groups (broad SMARTS) is 1. The van der Waals surface area contributed by atoms with E-state index in [-0.39, 0.29) is 5.69 Å². The number of carbonyl (C=O) groups is 1. The SMILES string of the molecule is O=C(O)[C@@H]1CCCN1Nc1ccc([N+](=O)[O-])cc1. The Morgan fingerprint density at radius 1 is 1.44 bits per heavy atom. The number of hydrogen-bond donors (Lipinski definition) is 2. The number of carboxylic acids is 1. The highest BCUT2D eigenvalue weighted by atomic mass is 16.6. The Kier molecular flexibility index (Phi) is 3.42. The van der Waals surface area contributed by atoms with E-state index in [9.17, 15) is 14.9 Å². The summed E-state index contributed by atoms with van der Waals surface area (Å²) < 4.78 is 0. The number of benzene rings is 1. The number of anilines is 1. The van der Waals surface area contributed by atoms with Gasteiger partial charge >= 0.3 is 5.97 Å². The number of nitrogens with one attached hydrogen (secondary N) is 1. The fraction of sp³-hybridized carbons (Fsp3) is 0.364. The molecule has 0 aliphatic carbocycles. The normalized spacial score (nSPS) is 19.7. The summed E-state index contributed by atoms with van der Waals surface area (Å²) in [7, 11) is 0. The van der Waals surface area contributed by atoms with Crippen molar-refractivity contribution in [3.05, 3.63) is 34.4 Å². The maximum Gasteiger partial charge on any atom is 0.322 e. The third-order valence-corrected chi connectivity index (χ3v) is 2.89. The number of nitro benzene ring substituents is 1. The van der Waals surface area contributed by atoms with Crippen molar-refractivity contribution >= 4 is 17.3 Å². The van der Waals surface area contributed by atoms with Crippen molar-refractivity contribution < 1.29 is 14.8 Å². The quantitative estimate of drug-likeness (QED) is 0.621. The zero-order valence-corrected chi connectivity index (χ0v) is 9.57. The Morgan fingerprint density at radius 2 is 2.11 bits per heavy atom. The van der Waals surface area contributed by atoms with Crippen LogP contribution in [0.3, 0.4) is 0 Å². The van der Waals surface area contributed by atoms with E-state index in [1.165, 1.54) is 12.1 Å². The van der Waals surface area contributed by atoms with Gasteiger partial charge in [0.25, 0.3) is 5.69 Å². The molecule has 1 heterocycles. The molecule has 0 unspecified atom stereocenters. The molecule has 18 heavy (non-hydrogen) atoms. The Balaban J connectivity index is 2.05. The molecule has 1 aliphatic heterocycles. The van der Waals surface area contributed by atoms with Crippen LogP contribution in [-0.4, -0.2) is 33.6 Å². The maximum atomic E-state index is 11.0. The number of nitrogens with zero attached hydrogens (tertiary/aromatic N) is 2. The van der Waals surface area contributed by atoms with Crippen LogP contribution in [0.2, 0.25) is 0 Å². The number of nitro groups is 1. The minimum absolute atomic E-state index is 0.0109. The van der Waals surface area contributed by atoms with E-state index in [0.29, 0.717) is 18.7 Å². The van der Waals surface area contributed by atoms with Crippen molar-refractivity contribution in [3.8, 4) is 0 Å². The number of hydrazine groups is 1. The average Bonchev–Trinajstić information content (AvgIpc) is 2.78. The monoisotopic (exact) mass is 251 g/mol. The van der Waals surface area contributed by atoms with Gasteiger partial charge < -0.3 is 10.5 Å². The summed E-state index contributed by atoms with van der Waals surface area (Å²) in [4.78, 5) is 21.0. The van der Waals surface area contributed by atoms with Crippen molar-refractivity contribution in [2.45, 2.75) is 18.9 Å². The summed E-state index contributed by atoms with van der Waals surface area (Å²) in [5.74, 6) is -0.859. The highest BCUT2D eigenvalue weighted by Gasteiger charge is 2.30. The van der Waals surface area contributed by atoms with Crippen LogP contribution in [-0.2, 0) is 4.79 Å². The zero-order chi connectivity index (χ0) is 13.1. The topological polar surface area (TPSA) is 95.7 Å². The molecule has 2 rings (SSSR count). The summed E-state index contributed by atoms with van der Waals surface area (Å²) in [6, 6.07) is 5.35. The number of hydrogen-bond acceptors (Lipinski definition) is 5. The van der Waals surface area contributed by atoms with Crippen LogP contribution >= 0.6 is 0 Å². The van der Waals surface area contributed by atoms with Gasteiger partial charge in [-0.1, -0.05) is 0 Å². The summed E-state index contributed by atoms with van der Waals surface area (Å²) in [6.45, 7) is 0.647. The van der Waals surface area contributed by atoms with Gasteiger partial charge in [0.2, 0.25) is 0 Å². The molecule has 0 spiro atoms. The van der Waals surface area contributed by atoms with E-state index in [0.717, 1.165) is 6.42 Å². The largest absolute Gasteiger partial charge is 0.480 e. The zero-order valence-electron chi connectivity index (χ0n) is 9.57. The molecule has 0 radical (unpaired) electrons. The van der Waals surface area contributed by atoms with Gasteiger partial charge in [-0.2, -0.15) is 0 Å². The number of rotatable bonds is 4. The van der Waals surface area contributed by atoms with Crippen molar-refractivity contribution in [1.29, 1.82) is 0 Å². The molecular weight excluding hydrogens is 238 g/mol. The van der Waals surface area contributed by atoms with Crippen LogP contribution in [0.4, 0.5) is 11.4 Å². The van der Waals surface area contributed by atoms with Gasteiger partial charge in [0.15, 0.2) is 0 Å². The van der Waals surface area contributed by atoms with Crippen molar-refractivity contribution in [1.82, 2.24) is 5.01 Å². The molecule has 7 heteroatoms. The molecular formula is C11H13N3O4. The molecule has 0 saturated carbocycles. The summed E-state index contributed by atoms with van der Waals surface area (Å²) in [5, 5.41) is 21.1. The third kappa shape index (κ3) is 2.57. The predicted molar refractivity (Wildman–Crippen MR) is 64.1 cm³/mol. The third-order valence-electron chi connectivity index (χ3n) is 2.89. The molecule has 96 valence electrons. The molecule has 1 aromatic carbocycles.